The molecule has 1 N–H and O–H groups in total. The monoisotopic (exact) mass is 193 g/mol. The zero-order valence-electron chi connectivity index (χ0n) is 9.82. The predicted octanol–water partition coefficient (Wildman–Crippen LogP) is 3.47. The minimum atomic E-state index is 0.435. The van der Waals surface area contributed by atoms with Crippen LogP contribution >= 0.6 is 0 Å². The van der Waals surface area contributed by atoms with Crippen LogP contribution < -0.4 is 5.32 Å². The maximum absolute atomic E-state index is 4.19. The maximum Gasteiger partial charge on any atom is 0.0377 e. The Morgan fingerprint density at radius 3 is 2.43 bits per heavy atom. The largest absolute Gasteiger partial charge is 0.383 e. The molecule has 14 heavy (non-hydrogen) atoms. The Balaban J connectivity index is 1.98. The van der Waals surface area contributed by atoms with Crippen molar-refractivity contribution in [2.45, 2.75) is 58.4 Å². The topological polar surface area (TPSA) is 12.0 Å². The average Bonchev–Trinajstić information content (AvgIpc) is 2.24. The molecule has 0 aromatic carbocycles. The Labute approximate surface area is 88.0 Å². The molecule has 1 heteroatoms. The third-order valence-electron chi connectivity index (χ3n) is 3.73. The van der Waals surface area contributed by atoms with Gasteiger partial charge in [-0.1, -0.05) is 27.4 Å². The lowest BCUT2D eigenvalue weighted by molar-refractivity contribution is 0.202. The zero-order chi connectivity index (χ0) is 10.4. The van der Waals surface area contributed by atoms with Gasteiger partial charge in [0.2, 0.25) is 0 Å². The first-order valence-electron chi connectivity index (χ1n) is 5.87. The van der Waals surface area contributed by atoms with Gasteiger partial charge < -0.3 is 5.32 Å². The van der Waals surface area contributed by atoms with E-state index in [1.54, 1.807) is 0 Å². The molecule has 2 fully saturated rings. The van der Waals surface area contributed by atoms with Gasteiger partial charge in [-0.3, -0.25) is 0 Å². The van der Waals surface area contributed by atoms with Crippen molar-refractivity contribution < 1.29 is 0 Å². The fourth-order valence-electron chi connectivity index (χ4n) is 2.96. The third kappa shape index (κ3) is 1.82. The minimum Gasteiger partial charge on any atom is -0.383 e. The van der Waals surface area contributed by atoms with Gasteiger partial charge in [0.15, 0.2) is 0 Å². The molecule has 1 aliphatic carbocycles. The fourth-order valence-corrected chi connectivity index (χ4v) is 2.96. The highest BCUT2D eigenvalue weighted by atomic mass is 15.0. The van der Waals surface area contributed by atoms with Crippen molar-refractivity contribution in [3.63, 3.8) is 0 Å². The number of hydrogen-bond donors (Lipinski definition) is 1. The van der Waals surface area contributed by atoms with Crippen LogP contribution in [-0.2, 0) is 0 Å². The zero-order valence-corrected chi connectivity index (χ0v) is 9.82. The van der Waals surface area contributed by atoms with Gasteiger partial charge in [0, 0.05) is 17.2 Å². The lowest BCUT2D eigenvalue weighted by Gasteiger charge is -2.39. The smallest absolute Gasteiger partial charge is 0.0377 e. The second-order valence-corrected chi connectivity index (χ2v) is 6.45. The molecule has 80 valence electrons. The fraction of sp³-hybridized carbons (Fsp3) is 0.846. The number of allylic oxidation sites excluding steroid dienone is 1. The molecule has 1 nitrogen and oxygen atoms in total. The molecule has 1 saturated heterocycles. The summed E-state index contributed by atoms with van der Waals surface area (Å²) in [4.78, 5) is 0. The molecule has 0 amide bonds. The summed E-state index contributed by atoms with van der Waals surface area (Å²) in [5.74, 6) is 0.718. The van der Waals surface area contributed by atoms with Crippen LogP contribution in [0.1, 0.15) is 52.9 Å². The van der Waals surface area contributed by atoms with Crippen LogP contribution in [0.3, 0.4) is 0 Å². The van der Waals surface area contributed by atoms with E-state index in [0.717, 1.165) is 5.92 Å². The molecule has 2 aliphatic rings. The van der Waals surface area contributed by atoms with Gasteiger partial charge in [0.1, 0.15) is 0 Å². The summed E-state index contributed by atoms with van der Waals surface area (Å²) in [7, 11) is 0. The SMILES string of the molecule is C=C1NC2(CCC2)CC1CC(C)(C)C. The molecule has 1 spiro atoms. The summed E-state index contributed by atoms with van der Waals surface area (Å²) in [6, 6.07) is 0. The first kappa shape index (κ1) is 10.1. The molecule has 1 saturated carbocycles. The second kappa shape index (κ2) is 3.01. The number of rotatable bonds is 1. The summed E-state index contributed by atoms with van der Waals surface area (Å²) in [6.07, 6.45) is 6.76. The lowest BCUT2D eigenvalue weighted by Crippen LogP contribution is -2.45. The van der Waals surface area contributed by atoms with Gasteiger partial charge in [-0.15, -0.1) is 0 Å². The molecule has 0 aromatic rings. The van der Waals surface area contributed by atoms with Crippen LogP contribution in [0.25, 0.3) is 0 Å². The molecule has 0 bridgehead atoms. The van der Waals surface area contributed by atoms with E-state index in [0.29, 0.717) is 11.0 Å². The van der Waals surface area contributed by atoms with E-state index in [1.165, 1.54) is 37.8 Å². The van der Waals surface area contributed by atoms with E-state index in [2.05, 4.69) is 32.7 Å². The Morgan fingerprint density at radius 1 is 1.43 bits per heavy atom. The first-order chi connectivity index (χ1) is 6.40. The molecular weight excluding hydrogens is 170 g/mol. The first-order valence-corrected chi connectivity index (χ1v) is 5.87. The van der Waals surface area contributed by atoms with Gasteiger partial charge in [-0.05, 0) is 37.5 Å². The molecule has 2 rings (SSSR count). The van der Waals surface area contributed by atoms with Crippen LogP contribution in [0.2, 0.25) is 0 Å². The van der Waals surface area contributed by atoms with Crippen molar-refractivity contribution in [2.75, 3.05) is 0 Å². The summed E-state index contributed by atoms with van der Waals surface area (Å²) in [5.41, 5.74) is 2.22. The Hall–Kier alpha value is -0.460. The normalized spacial score (nSPS) is 30.2. The quantitative estimate of drug-likeness (QED) is 0.672. The molecule has 1 heterocycles. The number of nitrogens with one attached hydrogen (secondary N) is 1. The molecule has 0 radical (unpaired) electrons. The van der Waals surface area contributed by atoms with E-state index in [9.17, 15) is 0 Å². The van der Waals surface area contributed by atoms with Crippen molar-refractivity contribution in [1.82, 2.24) is 5.32 Å². The predicted molar refractivity (Wildman–Crippen MR) is 61.0 cm³/mol. The maximum atomic E-state index is 4.19. The van der Waals surface area contributed by atoms with E-state index in [-0.39, 0.29) is 0 Å². The molecule has 1 atom stereocenters. The van der Waals surface area contributed by atoms with Gasteiger partial charge in [0.05, 0.1) is 0 Å². The Kier molecular flexibility index (Phi) is 2.17. The van der Waals surface area contributed by atoms with Gasteiger partial charge in [0.25, 0.3) is 0 Å². The van der Waals surface area contributed by atoms with E-state index in [4.69, 9.17) is 0 Å². The summed E-state index contributed by atoms with van der Waals surface area (Å²) in [5, 5.41) is 3.64. The lowest BCUT2D eigenvalue weighted by atomic mass is 9.72. The van der Waals surface area contributed by atoms with Gasteiger partial charge in [-0.25, -0.2) is 0 Å². The van der Waals surface area contributed by atoms with Crippen LogP contribution in [0.4, 0.5) is 0 Å². The van der Waals surface area contributed by atoms with E-state index >= 15 is 0 Å². The summed E-state index contributed by atoms with van der Waals surface area (Å²) < 4.78 is 0. The highest BCUT2D eigenvalue weighted by Crippen LogP contribution is 2.47. The molecule has 1 aliphatic heterocycles. The van der Waals surface area contributed by atoms with Crippen LogP contribution in [0.15, 0.2) is 12.3 Å². The second-order valence-electron chi connectivity index (χ2n) is 6.45. The van der Waals surface area contributed by atoms with Crippen molar-refractivity contribution in [3.8, 4) is 0 Å². The van der Waals surface area contributed by atoms with E-state index in [1.807, 2.05) is 0 Å². The highest BCUT2D eigenvalue weighted by molar-refractivity contribution is 5.17. The van der Waals surface area contributed by atoms with Crippen LogP contribution in [0.5, 0.6) is 0 Å². The average molecular weight is 193 g/mol. The van der Waals surface area contributed by atoms with Crippen LogP contribution in [-0.4, -0.2) is 5.54 Å². The highest BCUT2D eigenvalue weighted by Gasteiger charge is 2.45. The number of hydrogen-bond acceptors (Lipinski definition) is 1. The third-order valence-corrected chi connectivity index (χ3v) is 3.73. The Morgan fingerprint density at radius 2 is 2.07 bits per heavy atom. The molecule has 0 aromatic heterocycles. The summed E-state index contributed by atoms with van der Waals surface area (Å²) >= 11 is 0. The van der Waals surface area contributed by atoms with Crippen LogP contribution in [0, 0.1) is 11.3 Å². The van der Waals surface area contributed by atoms with Crippen molar-refractivity contribution in [3.05, 3.63) is 12.3 Å². The van der Waals surface area contributed by atoms with Crippen molar-refractivity contribution >= 4 is 0 Å². The standard InChI is InChI=1S/C13H23N/c1-10-11(8-12(2,3)4)9-13(14-10)6-5-7-13/h11,14H,1,5-9H2,2-4H3. The van der Waals surface area contributed by atoms with Crippen molar-refractivity contribution in [2.24, 2.45) is 11.3 Å². The van der Waals surface area contributed by atoms with Crippen molar-refractivity contribution in [1.29, 1.82) is 0 Å². The van der Waals surface area contributed by atoms with Gasteiger partial charge >= 0.3 is 0 Å². The van der Waals surface area contributed by atoms with Gasteiger partial charge in [-0.2, -0.15) is 0 Å². The Bertz CT molecular complexity index is 242. The molecular formula is C13H23N. The summed E-state index contributed by atoms with van der Waals surface area (Å²) in [6.45, 7) is 11.2. The molecule has 1 unspecified atom stereocenters. The minimum absolute atomic E-state index is 0.435. The van der Waals surface area contributed by atoms with E-state index < -0.39 is 0 Å².